The van der Waals surface area contributed by atoms with Gasteiger partial charge >= 0.3 is 6.09 Å². The second kappa shape index (κ2) is 8.86. The molecule has 0 bridgehead atoms. The molecule has 0 unspecified atom stereocenters. The van der Waals surface area contributed by atoms with Gasteiger partial charge in [-0.2, -0.15) is 0 Å². The number of benzene rings is 1. The Morgan fingerprint density at radius 1 is 1.12 bits per heavy atom. The van der Waals surface area contributed by atoms with Gasteiger partial charge in [0.1, 0.15) is 11.2 Å². The fourth-order valence-electron chi connectivity index (χ4n) is 3.61. The molecule has 32 heavy (non-hydrogen) atoms. The van der Waals surface area contributed by atoms with E-state index in [1.54, 1.807) is 11.1 Å². The standard InChI is InChI=1S/C25H28N4O3/c1-25(2,3)32-24(31)28-13-10-20(11-14-28)19-5-7-21(8-6-19)23(30)27-16-18-4-9-22-26-12-15-29(22)17-18/h4-10,12,15,17H,11,13-14,16H2,1-3H3,(H,27,30). The highest BCUT2D eigenvalue weighted by atomic mass is 16.6. The van der Waals surface area contributed by atoms with E-state index in [1.807, 2.05) is 74.0 Å². The molecule has 0 fully saturated rings. The summed E-state index contributed by atoms with van der Waals surface area (Å²) in [5.74, 6) is -0.115. The summed E-state index contributed by atoms with van der Waals surface area (Å²) in [6.45, 7) is 7.18. The van der Waals surface area contributed by atoms with Gasteiger partial charge in [-0.1, -0.05) is 24.3 Å². The van der Waals surface area contributed by atoms with Crippen LogP contribution in [0.1, 0.15) is 48.7 Å². The molecule has 3 aromatic rings. The van der Waals surface area contributed by atoms with Gasteiger partial charge in [-0.25, -0.2) is 9.78 Å². The molecule has 1 aromatic carbocycles. The van der Waals surface area contributed by atoms with Gasteiger partial charge in [-0.3, -0.25) is 4.79 Å². The Hall–Kier alpha value is -3.61. The molecule has 2 amide bonds. The average molecular weight is 433 g/mol. The first kappa shape index (κ1) is 21.6. The van der Waals surface area contributed by atoms with Crippen LogP contribution < -0.4 is 5.32 Å². The monoisotopic (exact) mass is 432 g/mol. The van der Waals surface area contributed by atoms with Crippen LogP contribution in [0, 0.1) is 0 Å². The van der Waals surface area contributed by atoms with Gasteiger partial charge in [0.15, 0.2) is 0 Å². The maximum atomic E-state index is 12.5. The Morgan fingerprint density at radius 3 is 2.59 bits per heavy atom. The predicted molar refractivity (Wildman–Crippen MR) is 123 cm³/mol. The summed E-state index contributed by atoms with van der Waals surface area (Å²) in [4.78, 5) is 30.7. The molecule has 3 heterocycles. The second-order valence-corrected chi connectivity index (χ2v) is 8.90. The Labute approximate surface area is 187 Å². The molecule has 1 N–H and O–H groups in total. The van der Waals surface area contributed by atoms with Crippen LogP contribution in [0.4, 0.5) is 4.79 Å². The van der Waals surface area contributed by atoms with Crippen molar-refractivity contribution in [1.82, 2.24) is 19.6 Å². The molecular formula is C25H28N4O3. The first-order valence-electron chi connectivity index (χ1n) is 10.8. The lowest BCUT2D eigenvalue weighted by atomic mass is 9.98. The fourth-order valence-corrected chi connectivity index (χ4v) is 3.61. The average Bonchev–Trinajstić information content (AvgIpc) is 3.24. The molecule has 0 aliphatic carbocycles. The number of fused-ring (bicyclic) bond motifs is 1. The molecular weight excluding hydrogens is 404 g/mol. The SMILES string of the molecule is CC(C)(C)OC(=O)N1CC=C(c2ccc(C(=O)NCc3ccc4nccn4c3)cc2)CC1. The lowest BCUT2D eigenvalue weighted by Gasteiger charge is -2.29. The van der Waals surface area contributed by atoms with Crippen LogP contribution >= 0.6 is 0 Å². The van der Waals surface area contributed by atoms with Crippen LogP contribution in [-0.2, 0) is 11.3 Å². The van der Waals surface area contributed by atoms with Crippen molar-refractivity contribution in [2.75, 3.05) is 13.1 Å². The molecule has 7 nitrogen and oxygen atoms in total. The predicted octanol–water partition coefficient (Wildman–Crippen LogP) is 4.29. The minimum Gasteiger partial charge on any atom is -0.444 e. The van der Waals surface area contributed by atoms with E-state index < -0.39 is 5.60 Å². The van der Waals surface area contributed by atoms with Crippen molar-refractivity contribution >= 4 is 23.2 Å². The molecule has 4 rings (SSSR count). The third-order valence-corrected chi connectivity index (χ3v) is 5.28. The summed E-state index contributed by atoms with van der Waals surface area (Å²) in [7, 11) is 0. The Kier molecular flexibility index (Phi) is 5.99. The summed E-state index contributed by atoms with van der Waals surface area (Å²) in [5.41, 5.74) is 4.24. The van der Waals surface area contributed by atoms with Crippen molar-refractivity contribution in [3.63, 3.8) is 0 Å². The van der Waals surface area contributed by atoms with Crippen LogP contribution in [0.3, 0.4) is 0 Å². The van der Waals surface area contributed by atoms with Crippen molar-refractivity contribution in [1.29, 1.82) is 0 Å². The summed E-state index contributed by atoms with van der Waals surface area (Å²) in [6.07, 6.45) is 8.10. The van der Waals surface area contributed by atoms with Crippen molar-refractivity contribution in [3.05, 3.63) is 77.8 Å². The van der Waals surface area contributed by atoms with Crippen molar-refractivity contribution in [3.8, 4) is 0 Å². The topological polar surface area (TPSA) is 75.9 Å². The number of rotatable bonds is 4. The molecule has 2 aromatic heterocycles. The molecule has 166 valence electrons. The summed E-state index contributed by atoms with van der Waals surface area (Å²) in [6, 6.07) is 11.5. The zero-order valence-corrected chi connectivity index (χ0v) is 18.7. The summed E-state index contributed by atoms with van der Waals surface area (Å²) in [5, 5.41) is 2.96. The zero-order valence-electron chi connectivity index (χ0n) is 18.7. The van der Waals surface area contributed by atoms with E-state index in [0.29, 0.717) is 25.2 Å². The van der Waals surface area contributed by atoms with Crippen LogP contribution in [0.15, 0.2) is 61.1 Å². The Balaban J connectivity index is 1.33. The quantitative estimate of drug-likeness (QED) is 0.667. The molecule has 1 aliphatic heterocycles. The number of carbonyl (C=O) groups excluding carboxylic acids is 2. The number of amides is 2. The number of aromatic nitrogens is 2. The highest BCUT2D eigenvalue weighted by molar-refractivity contribution is 5.94. The normalized spacial score (nSPS) is 14.2. The van der Waals surface area contributed by atoms with Crippen LogP contribution in [0.5, 0.6) is 0 Å². The number of imidazole rings is 1. The van der Waals surface area contributed by atoms with E-state index in [0.717, 1.165) is 23.2 Å². The van der Waals surface area contributed by atoms with E-state index in [9.17, 15) is 9.59 Å². The maximum Gasteiger partial charge on any atom is 0.410 e. The number of ether oxygens (including phenoxy) is 1. The largest absolute Gasteiger partial charge is 0.444 e. The third-order valence-electron chi connectivity index (χ3n) is 5.28. The van der Waals surface area contributed by atoms with Crippen molar-refractivity contribution in [2.24, 2.45) is 0 Å². The van der Waals surface area contributed by atoms with E-state index in [4.69, 9.17) is 4.74 Å². The van der Waals surface area contributed by atoms with Gasteiger partial charge in [0, 0.05) is 43.8 Å². The summed E-state index contributed by atoms with van der Waals surface area (Å²) < 4.78 is 7.37. The smallest absolute Gasteiger partial charge is 0.410 e. The van der Waals surface area contributed by atoms with Crippen molar-refractivity contribution < 1.29 is 14.3 Å². The highest BCUT2D eigenvalue weighted by Gasteiger charge is 2.23. The maximum absolute atomic E-state index is 12.5. The van der Waals surface area contributed by atoms with Gasteiger partial charge in [0.25, 0.3) is 5.91 Å². The minimum atomic E-state index is -0.496. The van der Waals surface area contributed by atoms with E-state index >= 15 is 0 Å². The number of hydrogen-bond donors (Lipinski definition) is 1. The number of hydrogen-bond acceptors (Lipinski definition) is 4. The van der Waals surface area contributed by atoms with Crippen LogP contribution in [0.25, 0.3) is 11.2 Å². The number of nitrogens with zero attached hydrogens (tertiary/aromatic N) is 3. The van der Waals surface area contributed by atoms with Gasteiger partial charge in [-0.05, 0) is 62.1 Å². The minimum absolute atomic E-state index is 0.115. The number of pyridine rings is 1. The van der Waals surface area contributed by atoms with Crippen molar-refractivity contribution in [2.45, 2.75) is 39.3 Å². The van der Waals surface area contributed by atoms with E-state index in [-0.39, 0.29) is 12.0 Å². The van der Waals surface area contributed by atoms with Gasteiger partial charge in [0.05, 0.1) is 0 Å². The van der Waals surface area contributed by atoms with Crippen LogP contribution in [0.2, 0.25) is 0 Å². The molecule has 0 saturated carbocycles. The lowest BCUT2D eigenvalue weighted by Crippen LogP contribution is -2.39. The molecule has 0 atom stereocenters. The van der Waals surface area contributed by atoms with Crippen LogP contribution in [-0.4, -0.2) is 45.0 Å². The summed E-state index contributed by atoms with van der Waals surface area (Å²) >= 11 is 0. The number of nitrogens with one attached hydrogen (secondary N) is 1. The zero-order chi connectivity index (χ0) is 22.7. The first-order valence-corrected chi connectivity index (χ1v) is 10.8. The Morgan fingerprint density at radius 2 is 1.91 bits per heavy atom. The lowest BCUT2D eigenvalue weighted by molar-refractivity contribution is 0.0270. The highest BCUT2D eigenvalue weighted by Crippen LogP contribution is 2.24. The number of carbonyl (C=O) groups is 2. The van der Waals surface area contributed by atoms with E-state index in [2.05, 4.69) is 16.4 Å². The second-order valence-electron chi connectivity index (χ2n) is 8.90. The third kappa shape index (κ3) is 5.17. The molecule has 0 spiro atoms. The molecule has 0 saturated heterocycles. The first-order chi connectivity index (χ1) is 15.3. The molecule has 7 heteroatoms. The molecule has 1 aliphatic rings. The fraction of sp³-hybridized carbons (Fsp3) is 0.320. The van der Waals surface area contributed by atoms with Gasteiger partial charge < -0.3 is 19.4 Å². The van der Waals surface area contributed by atoms with E-state index in [1.165, 1.54) is 5.57 Å². The Bertz CT molecular complexity index is 1160. The van der Waals surface area contributed by atoms with Gasteiger partial charge in [-0.15, -0.1) is 0 Å². The molecule has 0 radical (unpaired) electrons. The van der Waals surface area contributed by atoms with Gasteiger partial charge in [0.2, 0.25) is 0 Å².